The van der Waals surface area contributed by atoms with Crippen LogP contribution in [0.3, 0.4) is 0 Å². The zero-order valence-electron chi connectivity index (χ0n) is 12.6. The van der Waals surface area contributed by atoms with Gasteiger partial charge >= 0.3 is 0 Å². The van der Waals surface area contributed by atoms with Gasteiger partial charge in [-0.05, 0) is 24.3 Å². The highest BCUT2D eigenvalue weighted by molar-refractivity contribution is 8.01. The van der Waals surface area contributed by atoms with Crippen molar-refractivity contribution >= 4 is 45.5 Å². The summed E-state index contributed by atoms with van der Waals surface area (Å²) in [5.41, 5.74) is 0. The fraction of sp³-hybridized carbons (Fsp3) is 0.400. The molecule has 1 aliphatic heterocycles. The molecule has 122 valence electrons. The monoisotopic (exact) mass is 366 g/mol. The minimum absolute atomic E-state index is 0.182. The van der Waals surface area contributed by atoms with Crippen LogP contribution in [-0.2, 0) is 4.79 Å². The molecule has 0 radical (unpaired) electrons. The number of aromatic nitrogens is 2. The third-order valence-corrected chi connectivity index (χ3v) is 6.54. The Balaban J connectivity index is 1.54. The molecule has 2 aromatic rings. The van der Waals surface area contributed by atoms with Gasteiger partial charge in [-0.15, -0.1) is 28.1 Å². The molecule has 1 atom stereocenters. The van der Waals surface area contributed by atoms with E-state index in [1.54, 1.807) is 17.4 Å². The molecule has 0 unspecified atom stereocenters. The van der Waals surface area contributed by atoms with E-state index in [-0.39, 0.29) is 11.9 Å². The number of thiophene rings is 1. The van der Waals surface area contributed by atoms with E-state index in [4.69, 9.17) is 0 Å². The first-order chi connectivity index (χ1) is 11.3. The fourth-order valence-electron chi connectivity index (χ4n) is 2.55. The van der Waals surface area contributed by atoms with E-state index in [9.17, 15) is 4.79 Å². The lowest BCUT2D eigenvalue weighted by atomic mass is 10.2. The zero-order valence-corrected chi connectivity index (χ0v) is 15.1. The highest BCUT2D eigenvalue weighted by Gasteiger charge is 2.30. The van der Waals surface area contributed by atoms with Gasteiger partial charge < -0.3 is 10.2 Å². The van der Waals surface area contributed by atoms with Crippen molar-refractivity contribution in [3.63, 3.8) is 0 Å². The van der Waals surface area contributed by atoms with Gasteiger partial charge in [0.2, 0.25) is 11.0 Å². The minimum atomic E-state index is 0.182. The maximum Gasteiger partial charge on any atom is 0.233 e. The van der Waals surface area contributed by atoms with Gasteiger partial charge in [0.15, 0.2) is 4.34 Å². The van der Waals surface area contributed by atoms with Crippen LogP contribution >= 0.6 is 34.4 Å². The smallest absolute Gasteiger partial charge is 0.233 e. The van der Waals surface area contributed by atoms with E-state index in [0.717, 1.165) is 28.9 Å². The molecule has 0 aliphatic carbocycles. The third-order valence-electron chi connectivity index (χ3n) is 3.57. The summed E-state index contributed by atoms with van der Waals surface area (Å²) in [4.78, 5) is 15.8. The summed E-state index contributed by atoms with van der Waals surface area (Å²) in [5, 5.41) is 14.1. The Morgan fingerprint density at radius 3 is 3.26 bits per heavy atom. The number of amides is 1. The van der Waals surface area contributed by atoms with Crippen molar-refractivity contribution in [2.75, 3.05) is 24.2 Å². The normalized spacial score (nSPS) is 17.4. The quantitative estimate of drug-likeness (QED) is 0.599. The molecule has 0 bridgehead atoms. The molecule has 1 fully saturated rings. The lowest BCUT2D eigenvalue weighted by molar-refractivity contribution is -0.129. The lowest BCUT2D eigenvalue weighted by Crippen LogP contribution is -2.31. The lowest BCUT2D eigenvalue weighted by Gasteiger charge is -2.23. The van der Waals surface area contributed by atoms with E-state index >= 15 is 0 Å². The number of thioether (sulfide) groups is 1. The number of carbonyl (C=O) groups is 1. The van der Waals surface area contributed by atoms with Crippen molar-refractivity contribution < 1.29 is 4.79 Å². The summed E-state index contributed by atoms with van der Waals surface area (Å²) in [5.74, 6) is 0.597. The van der Waals surface area contributed by atoms with Crippen molar-refractivity contribution in [2.45, 2.75) is 23.2 Å². The molecular formula is C15H18N4OS3. The summed E-state index contributed by atoms with van der Waals surface area (Å²) in [7, 11) is 0. The van der Waals surface area contributed by atoms with Crippen molar-refractivity contribution in [2.24, 2.45) is 0 Å². The Labute approximate surface area is 147 Å². The molecule has 0 aromatic carbocycles. The second-order valence-electron chi connectivity index (χ2n) is 5.09. The maximum absolute atomic E-state index is 12.5. The molecule has 0 spiro atoms. The average Bonchev–Trinajstić information content (AvgIpc) is 3.31. The van der Waals surface area contributed by atoms with Crippen molar-refractivity contribution in [3.05, 3.63) is 35.0 Å². The first-order valence-electron chi connectivity index (χ1n) is 7.42. The minimum Gasteiger partial charge on any atom is -0.357 e. The van der Waals surface area contributed by atoms with Gasteiger partial charge in [0.25, 0.3) is 0 Å². The molecule has 5 nitrogen and oxygen atoms in total. The summed E-state index contributed by atoms with van der Waals surface area (Å²) in [6.45, 7) is 5.17. The maximum atomic E-state index is 12.5. The first-order valence-corrected chi connectivity index (χ1v) is 10.1. The number of nitrogens with zero attached hydrogens (tertiary/aromatic N) is 3. The van der Waals surface area contributed by atoms with E-state index in [0.29, 0.717) is 12.3 Å². The van der Waals surface area contributed by atoms with E-state index < -0.39 is 0 Å². The SMILES string of the molecule is C=CCNc1nnc(SCC(=O)N2CCC[C@H]2c2cccs2)s1. The molecule has 3 heterocycles. The Hall–Kier alpha value is -1.38. The first kappa shape index (κ1) is 16.5. The molecule has 0 saturated carbocycles. The van der Waals surface area contributed by atoms with Gasteiger partial charge in [0.1, 0.15) is 0 Å². The predicted molar refractivity (Wildman–Crippen MR) is 97.3 cm³/mol. The largest absolute Gasteiger partial charge is 0.357 e. The summed E-state index contributed by atoms with van der Waals surface area (Å²) in [6, 6.07) is 4.42. The Morgan fingerprint density at radius 1 is 1.57 bits per heavy atom. The highest BCUT2D eigenvalue weighted by atomic mass is 32.2. The second-order valence-corrected chi connectivity index (χ2v) is 8.27. The van der Waals surface area contributed by atoms with Crippen LogP contribution in [0.1, 0.15) is 23.8 Å². The van der Waals surface area contributed by atoms with Crippen molar-refractivity contribution in [3.8, 4) is 0 Å². The van der Waals surface area contributed by atoms with Crippen LogP contribution in [0.5, 0.6) is 0 Å². The molecule has 8 heteroatoms. The summed E-state index contributed by atoms with van der Waals surface area (Å²) < 4.78 is 0.816. The van der Waals surface area contributed by atoms with Crippen LogP contribution in [0.15, 0.2) is 34.5 Å². The number of nitrogens with one attached hydrogen (secondary N) is 1. The van der Waals surface area contributed by atoms with Gasteiger partial charge in [-0.1, -0.05) is 35.2 Å². The van der Waals surface area contributed by atoms with Gasteiger partial charge in [0, 0.05) is 18.0 Å². The topological polar surface area (TPSA) is 58.1 Å². The van der Waals surface area contributed by atoms with E-state index in [1.165, 1.54) is 28.0 Å². The van der Waals surface area contributed by atoms with Crippen LogP contribution in [0.25, 0.3) is 0 Å². The standard InChI is InChI=1S/C15H18N4OS3/c1-2-7-16-14-17-18-15(23-14)22-10-13(20)19-8-3-5-11(19)12-6-4-9-21-12/h2,4,6,9,11H,1,3,5,7-8,10H2,(H,16,17)/t11-/m0/s1. The van der Waals surface area contributed by atoms with Crippen molar-refractivity contribution in [1.29, 1.82) is 0 Å². The predicted octanol–water partition coefficient (Wildman–Crippen LogP) is 3.65. The molecule has 23 heavy (non-hydrogen) atoms. The molecule has 1 amide bonds. The van der Waals surface area contributed by atoms with Crippen molar-refractivity contribution in [1.82, 2.24) is 15.1 Å². The Bertz CT molecular complexity index is 655. The zero-order chi connectivity index (χ0) is 16.1. The number of rotatable bonds is 7. The van der Waals surface area contributed by atoms with E-state index in [2.05, 4.69) is 39.6 Å². The molecular weight excluding hydrogens is 348 g/mol. The van der Waals surface area contributed by atoms with E-state index in [1.807, 2.05) is 4.90 Å². The number of hydrogen-bond donors (Lipinski definition) is 1. The molecule has 2 aromatic heterocycles. The fourth-order valence-corrected chi connectivity index (χ4v) is 5.07. The number of anilines is 1. The van der Waals surface area contributed by atoms with Gasteiger partial charge in [-0.2, -0.15) is 0 Å². The van der Waals surface area contributed by atoms with Crippen LogP contribution in [0.2, 0.25) is 0 Å². The molecule has 1 aliphatic rings. The average molecular weight is 367 g/mol. The Morgan fingerprint density at radius 2 is 2.48 bits per heavy atom. The van der Waals surface area contributed by atoms with Gasteiger partial charge in [0.05, 0.1) is 11.8 Å². The number of carbonyl (C=O) groups excluding carboxylic acids is 1. The van der Waals surface area contributed by atoms with Crippen LogP contribution in [-0.4, -0.2) is 39.8 Å². The number of hydrogen-bond acceptors (Lipinski definition) is 7. The van der Waals surface area contributed by atoms with Crippen LogP contribution in [0.4, 0.5) is 5.13 Å². The summed E-state index contributed by atoms with van der Waals surface area (Å²) in [6.07, 6.45) is 3.91. The summed E-state index contributed by atoms with van der Waals surface area (Å²) >= 11 is 4.66. The Kier molecular flexibility index (Phi) is 5.69. The van der Waals surface area contributed by atoms with Gasteiger partial charge in [-0.25, -0.2) is 0 Å². The highest BCUT2D eigenvalue weighted by Crippen LogP contribution is 2.35. The molecule has 3 rings (SSSR count). The third kappa shape index (κ3) is 4.13. The molecule has 1 N–H and O–H groups in total. The second kappa shape index (κ2) is 7.94. The molecule has 1 saturated heterocycles. The van der Waals surface area contributed by atoms with Gasteiger partial charge in [-0.3, -0.25) is 4.79 Å². The number of likely N-dealkylation sites (tertiary alicyclic amines) is 1. The van der Waals surface area contributed by atoms with Crippen LogP contribution < -0.4 is 5.32 Å². The van der Waals surface area contributed by atoms with Crippen LogP contribution in [0, 0.1) is 0 Å².